The lowest BCUT2D eigenvalue weighted by Crippen LogP contribution is -2.45. The third-order valence-electron chi connectivity index (χ3n) is 9.64. The van der Waals surface area contributed by atoms with Gasteiger partial charge in [0.25, 0.3) is 11.5 Å². The van der Waals surface area contributed by atoms with Crippen molar-refractivity contribution >= 4 is 28.7 Å². The molecule has 0 bridgehead atoms. The fraction of sp³-hybridized carbons (Fsp3) is 0.343. The number of benzene rings is 2. The predicted octanol–water partition coefficient (Wildman–Crippen LogP) is 3.96. The standard InChI is InChI=1S/C35H33FN4O7/c1-4-35(45)25-13-28-32-23(15-39(28)33(43)24(25)17-46-34(35)44)30-21(10-11-22-18(2)26(36)14-27(37-32)31(22)30)12-29(42)38-40(19(3)41)47-16-20-8-6-5-7-9-20/h5-9,13-14,21,45H,4,10-12,15-17H2,1-3H3,(H,38,42)/t21-,35-/m0/s1. The first-order valence-corrected chi connectivity index (χ1v) is 15.6. The Morgan fingerprint density at radius 1 is 1.19 bits per heavy atom. The molecule has 12 heteroatoms. The van der Waals surface area contributed by atoms with Crippen LogP contribution in [0.5, 0.6) is 0 Å². The number of cyclic esters (lactones) is 1. The summed E-state index contributed by atoms with van der Waals surface area (Å²) in [4.78, 5) is 62.8. The van der Waals surface area contributed by atoms with Crippen molar-refractivity contribution in [1.29, 1.82) is 0 Å². The molecule has 2 aromatic heterocycles. The molecule has 242 valence electrons. The molecule has 7 rings (SSSR count). The Morgan fingerprint density at radius 2 is 1.96 bits per heavy atom. The number of carbonyl (C=O) groups is 3. The summed E-state index contributed by atoms with van der Waals surface area (Å²) in [5, 5.41) is 12.9. The summed E-state index contributed by atoms with van der Waals surface area (Å²) in [7, 11) is 0. The quantitative estimate of drug-likeness (QED) is 0.210. The predicted molar refractivity (Wildman–Crippen MR) is 167 cm³/mol. The number of esters is 1. The molecule has 47 heavy (non-hydrogen) atoms. The number of hydrazine groups is 1. The first-order chi connectivity index (χ1) is 22.5. The van der Waals surface area contributed by atoms with Gasteiger partial charge in [0, 0.05) is 35.9 Å². The normalized spacial score (nSPS) is 19.1. The Kier molecular flexibility index (Phi) is 7.44. The van der Waals surface area contributed by atoms with Gasteiger partial charge in [-0.15, -0.1) is 5.17 Å². The number of hydrogen-bond donors (Lipinski definition) is 2. The number of ether oxygens (including phenoxy) is 1. The van der Waals surface area contributed by atoms with Crippen LogP contribution in [0.1, 0.15) is 78.0 Å². The number of halogens is 1. The Hall–Kier alpha value is -4.94. The summed E-state index contributed by atoms with van der Waals surface area (Å²) in [5.41, 5.74) is 5.43. The second-order valence-electron chi connectivity index (χ2n) is 12.4. The van der Waals surface area contributed by atoms with Crippen molar-refractivity contribution in [1.82, 2.24) is 20.1 Å². The topological polar surface area (TPSA) is 140 Å². The maximum Gasteiger partial charge on any atom is 0.343 e. The molecule has 0 saturated heterocycles. The van der Waals surface area contributed by atoms with Crippen molar-refractivity contribution < 1.29 is 33.5 Å². The van der Waals surface area contributed by atoms with Gasteiger partial charge >= 0.3 is 5.97 Å². The Bertz CT molecular complexity index is 2060. The smallest absolute Gasteiger partial charge is 0.343 e. The van der Waals surface area contributed by atoms with Gasteiger partial charge in [0.1, 0.15) is 19.0 Å². The summed E-state index contributed by atoms with van der Waals surface area (Å²) in [6.07, 6.45) is 1.01. The van der Waals surface area contributed by atoms with Crippen LogP contribution in [0.15, 0.2) is 47.3 Å². The van der Waals surface area contributed by atoms with E-state index in [4.69, 9.17) is 14.6 Å². The van der Waals surface area contributed by atoms with E-state index in [0.29, 0.717) is 35.3 Å². The van der Waals surface area contributed by atoms with Crippen LogP contribution in [0.3, 0.4) is 0 Å². The van der Waals surface area contributed by atoms with Crippen LogP contribution >= 0.6 is 0 Å². The van der Waals surface area contributed by atoms with E-state index in [-0.39, 0.29) is 49.6 Å². The van der Waals surface area contributed by atoms with Gasteiger partial charge in [-0.25, -0.2) is 24.4 Å². The van der Waals surface area contributed by atoms with E-state index in [0.717, 1.165) is 32.8 Å². The molecular weight excluding hydrogens is 607 g/mol. The van der Waals surface area contributed by atoms with Gasteiger partial charge in [-0.05, 0) is 60.4 Å². The second-order valence-corrected chi connectivity index (χ2v) is 12.4. The lowest BCUT2D eigenvalue weighted by molar-refractivity contribution is -0.211. The second kappa shape index (κ2) is 11.4. The maximum absolute atomic E-state index is 15.2. The molecule has 2 aliphatic heterocycles. The summed E-state index contributed by atoms with van der Waals surface area (Å²) in [6.45, 7) is 4.59. The molecule has 11 nitrogen and oxygen atoms in total. The van der Waals surface area contributed by atoms with Crippen molar-refractivity contribution in [2.45, 2.75) is 77.7 Å². The fourth-order valence-corrected chi connectivity index (χ4v) is 7.15. The van der Waals surface area contributed by atoms with Crippen molar-refractivity contribution in [2.24, 2.45) is 0 Å². The van der Waals surface area contributed by atoms with E-state index < -0.39 is 34.8 Å². The van der Waals surface area contributed by atoms with Crippen molar-refractivity contribution in [3.8, 4) is 11.4 Å². The van der Waals surface area contributed by atoms with Crippen LogP contribution in [0.25, 0.3) is 22.3 Å². The van der Waals surface area contributed by atoms with Crippen LogP contribution < -0.4 is 11.0 Å². The van der Waals surface area contributed by atoms with Gasteiger partial charge in [-0.1, -0.05) is 37.3 Å². The molecule has 0 unspecified atom stereocenters. The molecule has 2 aromatic carbocycles. The minimum atomic E-state index is -1.99. The molecular formula is C35H33FN4O7. The van der Waals surface area contributed by atoms with E-state index in [2.05, 4.69) is 5.43 Å². The zero-order valence-electron chi connectivity index (χ0n) is 26.2. The zero-order valence-corrected chi connectivity index (χ0v) is 26.2. The number of fused-ring (bicyclic) bond motifs is 5. The average molecular weight is 641 g/mol. The summed E-state index contributed by atoms with van der Waals surface area (Å²) in [5.74, 6) is -2.54. The highest BCUT2D eigenvalue weighted by Crippen LogP contribution is 2.47. The van der Waals surface area contributed by atoms with Crippen LogP contribution in [0.2, 0.25) is 0 Å². The van der Waals surface area contributed by atoms with Gasteiger partial charge in [0.15, 0.2) is 5.60 Å². The first kappa shape index (κ1) is 30.7. The molecule has 2 amide bonds. The largest absolute Gasteiger partial charge is 0.458 e. The SMILES string of the molecule is CC[C@@]1(O)C(=O)OCc2c1cc1n(c2=O)Cc2c-1nc1cc(F)c(C)c3c1c2[C@H](CC(=O)NN(OCc1ccccc1)C(C)=O)CC3. The van der Waals surface area contributed by atoms with Crippen LogP contribution in [-0.2, 0) is 55.7 Å². The Labute approximate surface area is 268 Å². The van der Waals surface area contributed by atoms with E-state index in [1.54, 1.807) is 19.9 Å². The highest BCUT2D eigenvalue weighted by Gasteiger charge is 2.46. The maximum atomic E-state index is 15.2. The Balaban J connectivity index is 1.29. The fourth-order valence-electron chi connectivity index (χ4n) is 7.15. The molecule has 0 radical (unpaired) electrons. The summed E-state index contributed by atoms with van der Waals surface area (Å²) < 4.78 is 21.9. The van der Waals surface area contributed by atoms with Gasteiger partial charge in [0.05, 0.1) is 29.0 Å². The van der Waals surface area contributed by atoms with E-state index in [1.807, 2.05) is 30.3 Å². The molecule has 3 aliphatic rings. The minimum absolute atomic E-state index is 0.00234. The van der Waals surface area contributed by atoms with Crippen molar-refractivity contribution in [3.05, 3.63) is 97.6 Å². The molecule has 0 spiro atoms. The van der Waals surface area contributed by atoms with E-state index in [9.17, 15) is 24.3 Å². The van der Waals surface area contributed by atoms with E-state index in [1.165, 1.54) is 17.6 Å². The summed E-state index contributed by atoms with van der Waals surface area (Å²) in [6, 6.07) is 12.2. The van der Waals surface area contributed by atoms with Crippen LogP contribution in [0.4, 0.5) is 4.39 Å². The van der Waals surface area contributed by atoms with Gasteiger partial charge in [-0.2, -0.15) is 0 Å². The highest BCUT2D eigenvalue weighted by atomic mass is 19.1. The Morgan fingerprint density at radius 3 is 2.68 bits per heavy atom. The third kappa shape index (κ3) is 4.90. The average Bonchev–Trinajstić information content (AvgIpc) is 3.43. The minimum Gasteiger partial charge on any atom is -0.458 e. The molecule has 2 N–H and O–H groups in total. The molecule has 4 heterocycles. The summed E-state index contributed by atoms with van der Waals surface area (Å²) >= 11 is 0. The highest BCUT2D eigenvalue weighted by molar-refractivity contribution is 5.94. The first-order valence-electron chi connectivity index (χ1n) is 15.6. The number of nitrogens with one attached hydrogen (secondary N) is 1. The number of aromatic nitrogens is 2. The van der Waals surface area contributed by atoms with Gasteiger partial charge in [-0.3, -0.25) is 14.4 Å². The number of hydrogen-bond acceptors (Lipinski definition) is 8. The number of aliphatic hydroxyl groups is 1. The number of pyridine rings is 2. The molecule has 0 fully saturated rings. The monoisotopic (exact) mass is 640 g/mol. The number of hydroxylamine groups is 1. The lowest BCUT2D eigenvalue weighted by atomic mass is 9.77. The lowest BCUT2D eigenvalue weighted by Gasteiger charge is -2.31. The number of aryl methyl sites for hydroxylation is 1. The molecule has 2 atom stereocenters. The number of carbonyl (C=O) groups excluding carboxylic acids is 3. The number of rotatable bonds is 6. The van der Waals surface area contributed by atoms with Crippen LogP contribution in [-0.4, -0.2) is 37.6 Å². The van der Waals surface area contributed by atoms with Crippen LogP contribution in [0, 0.1) is 12.7 Å². The number of nitrogens with zero attached hydrogens (tertiary/aromatic N) is 3. The van der Waals surface area contributed by atoms with Crippen molar-refractivity contribution in [3.63, 3.8) is 0 Å². The van der Waals surface area contributed by atoms with E-state index >= 15 is 4.39 Å². The van der Waals surface area contributed by atoms with Gasteiger partial charge < -0.3 is 14.4 Å². The number of amides is 2. The molecule has 0 saturated carbocycles. The molecule has 1 aliphatic carbocycles. The third-order valence-corrected chi connectivity index (χ3v) is 9.64. The molecule has 4 aromatic rings. The van der Waals surface area contributed by atoms with Gasteiger partial charge in [0.2, 0.25) is 5.91 Å². The zero-order chi connectivity index (χ0) is 33.2. The van der Waals surface area contributed by atoms with Crippen molar-refractivity contribution in [2.75, 3.05) is 0 Å².